The Balaban J connectivity index is 3.26. The van der Waals surface area contributed by atoms with Crippen LogP contribution in [0.4, 0.5) is 5.69 Å². The van der Waals surface area contributed by atoms with Crippen molar-refractivity contribution in [2.75, 3.05) is 0 Å². The third kappa shape index (κ3) is 3.70. The maximum Gasteiger partial charge on any atom is 0.276 e. The molecule has 1 heterocycles. The number of hydrogen-bond donors (Lipinski definition) is 2. The van der Waals surface area contributed by atoms with Gasteiger partial charge in [-0.25, -0.2) is 4.99 Å². The fraction of sp³-hybridized carbons (Fsp3) is 0.385. The Morgan fingerprint density at radius 2 is 2.16 bits per heavy atom. The summed E-state index contributed by atoms with van der Waals surface area (Å²) < 4.78 is 2.16. The van der Waals surface area contributed by atoms with Gasteiger partial charge in [-0.05, 0) is 40.9 Å². The van der Waals surface area contributed by atoms with E-state index in [1.807, 2.05) is 0 Å². The fourth-order valence-corrected chi connectivity index (χ4v) is 1.91. The van der Waals surface area contributed by atoms with E-state index >= 15 is 0 Å². The van der Waals surface area contributed by atoms with Gasteiger partial charge in [-0.15, -0.1) is 0 Å². The number of amidine groups is 1. The molecule has 0 bridgehead atoms. The molecule has 0 aromatic carbocycles. The third-order valence-corrected chi connectivity index (χ3v) is 3.59. The van der Waals surface area contributed by atoms with Crippen molar-refractivity contribution in [3.8, 4) is 0 Å². The smallest absolute Gasteiger partial charge is 0.276 e. The van der Waals surface area contributed by atoms with E-state index in [-0.39, 0.29) is 17.4 Å². The first-order valence-corrected chi connectivity index (χ1v) is 6.97. The Bertz CT molecular complexity index is 544. The van der Waals surface area contributed by atoms with E-state index in [0.29, 0.717) is 10.2 Å². The molecule has 19 heavy (non-hydrogen) atoms. The zero-order valence-corrected chi connectivity index (χ0v) is 12.7. The largest absolute Gasteiger partial charge is 0.404 e. The Kier molecular flexibility index (Phi) is 5.82. The monoisotopic (exact) mass is 326 g/mol. The Morgan fingerprint density at radius 3 is 2.68 bits per heavy atom. The van der Waals surface area contributed by atoms with Crippen LogP contribution in [-0.4, -0.2) is 10.4 Å². The Hall–Kier alpha value is -1.56. The SMILES string of the molecule is CCC(CC)n1cccc(N=C(N)C(Br)=CN)c1=O. The molecular formula is C13H19BrN4O. The fourth-order valence-electron chi connectivity index (χ4n) is 1.82. The van der Waals surface area contributed by atoms with E-state index in [1.54, 1.807) is 22.9 Å². The average molecular weight is 327 g/mol. The van der Waals surface area contributed by atoms with Gasteiger partial charge < -0.3 is 16.0 Å². The maximum absolute atomic E-state index is 12.3. The van der Waals surface area contributed by atoms with Crippen LogP contribution in [-0.2, 0) is 0 Å². The highest BCUT2D eigenvalue weighted by Crippen LogP contribution is 2.15. The molecule has 1 rings (SSSR count). The topological polar surface area (TPSA) is 86.4 Å². The summed E-state index contributed by atoms with van der Waals surface area (Å²) in [5.41, 5.74) is 11.2. The number of pyridine rings is 1. The number of aliphatic imine (C=N–C) groups is 1. The predicted octanol–water partition coefficient (Wildman–Crippen LogP) is 2.39. The first kappa shape index (κ1) is 15.5. The number of aromatic nitrogens is 1. The van der Waals surface area contributed by atoms with Gasteiger partial charge in [0.2, 0.25) is 0 Å². The van der Waals surface area contributed by atoms with Crippen LogP contribution in [0, 0.1) is 0 Å². The summed E-state index contributed by atoms with van der Waals surface area (Å²) >= 11 is 3.17. The molecule has 0 amide bonds. The third-order valence-electron chi connectivity index (χ3n) is 2.92. The van der Waals surface area contributed by atoms with E-state index in [4.69, 9.17) is 11.5 Å². The number of hydrogen-bond acceptors (Lipinski definition) is 3. The lowest BCUT2D eigenvalue weighted by Gasteiger charge is -2.16. The molecule has 0 aliphatic rings. The second-order valence-corrected chi connectivity index (χ2v) is 4.94. The summed E-state index contributed by atoms with van der Waals surface area (Å²) in [7, 11) is 0. The van der Waals surface area contributed by atoms with Crippen LogP contribution in [0.2, 0.25) is 0 Å². The van der Waals surface area contributed by atoms with Gasteiger partial charge in [0.05, 0.1) is 4.48 Å². The summed E-state index contributed by atoms with van der Waals surface area (Å²) in [5, 5.41) is 0. The molecule has 6 heteroatoms. The van der Waals surface area contributed by atoms with Crippen LogP contribution in [0.1, 0.15) is 32.7 Å². The second-order valence-electron chi connectivity index (χ2n) is 4.09. The summed E-state index contributed by atoms with van der Waals surface area (Å²) in [5.74, 6) is 0.182. The second kappa shape index (κ2) is 7.13. The van der Waals surface area contributed by atoms with E-state index in [2.05, 4.69) is 34.8 Å². The van der Waals surface area contributed by atoms with Gasteiger partial charge in [0, 0.05) is 18.4 Å². The molecule has 4 N–H and O–H groups in total. The van der Waals surface area contributed by atoms with Crippen molar-refractivity contribution in [3.05, 3.63) is 39.4 Å². The standard InChI is InChI=1S/C13H19BrN4O/c1-3-9(4-2)18-7-5-6-11(13(18)19)17-12(16)10(14)8-15/h5-9H,3-4,15H2,1-2H3,(H2,16,17). The molecule has 0 spiro atoms. The summed E-state index contributed by atoms with van der Waals surface area (Å²) in [6.07, 6.45) is 4.86. The highest BCUT2D eigenvalue weighted by atomic mass is 79.9. The van der Waals surface area contributed by atoms with Gasteiger partial charge in [-0.2, -0.15) is 0 Å². The normalized spacial score (nSPS) is 13.1. The molecule has 0 saturated heterocycles. The molecule has 0 fully saturated rings. The van der Waals surface area contributed by atoms with Crippen molar-refractivity contribution in [2.45, 2.75) is 32.7 Å². The van der Waals surface area contributed by atoms with Gasteiger partial charge in [-0.3, -0.25) is 4.79 Å². The Morgan fingerprint density at radius 1 is 1.53 bits per heavy atom. The number of halogens is 1. The minimum absolute atomic E-state index is 0.142. The van der Waals surface area contributed by atoms with Crippen molar-refractivity contribution in [1.29, 1.82) is 0 Å². The quantitative estimate of drug-likeness (QED) is 0.643. The van der Waals surface area contributed by atoms with Crippen LogP contribution in [0.5, 0.6) is 0 Å². The number of nitrogens with zero attached hydrogens (tertiary/aromatic N) is 2. The van der Waals surface area contributed by atoms with Gasteiger partial charge in [-0.1, -0.05) is 13.8 Å². The van der Waals surface area contributed by atoms with E-state index < -0.39 is 0 Å². The minimum atomic E-state index is -0.142. The number of rotatable bonds is 5. The van der Waals surface area contributed by atoms with Crippen molar-refractivity contribution >= 4 is 27.5 Å². The van der Waals surface area contributed by atoms with Gasteiger partial charge in [0.15, 0.2) is 0 Å². The van der Waals surface area contributed by atoms with E-state index in [1.165, 1.54) is 6.20 Å². The van der Waals surface area contributed by atoms with Crippen molar-refractivity contribution < 1.29 is 0 Å². The van der Waals surface area contributed by atoms with Crippen LogP contribution in [0.25, 0.3) is 0 Å². The molecule has 0 atom stereocenters. The molecule has 104 valence electrons. The lowest BCUT2D eigenvalue weighted by molar-refractivity contribution is 0.459. The molecule has 0 unspecified atom stereocenters. The lowest BCUT2D eigenvalue weighted by Crippen LogP contribution is -2.24. The molecule has 0 radical (unpaired) electrons. The molecule has 1 aromatic rings. The summed E-state index contributed by atoms with van der Waals surface area (Å²) in [6, 6.07) is 3.62. The molecule has 0 aliphatic carbocycles. The average Bonchev–Trinajstić information content (AvgIpc) is 2.42. The zero-order chi connectivity index (χ0) is 14.4. The lowest BCUT2D eigenvalue weighted by atomic mass is 10.1. The zero-order valence-electron chi connectivity index (χ0n) is 11.1. The molecule has 0 saturated carbocycles. The van der Waals surface area contributed by atoms with Gasteiger partial charge in [0.25, 0.3) is 5.56 Å². The first-order chi connectivity index (χ1) is 9.04. The van der Waals surface area contributed by atoms with Crippen LogP contribution in [0.3, 0.4) is 0 Å². The highest BCUT2D eigenvalue weighted by molar-refractivity contribution is 9.12. The predicted molar refractivity (Wildman–Crippen MR) is 82.8 cm³/mol. The van der Waals surface area contributed by atoms with Crippen LogP contribution >= 0.6 is 15.9 Å². The highest BCUT2D eigenvalue weighted by Gasteiger charge is 2.10. The molecule has 5 nitrogen and oxygen atoms in total. The van der Waals surface area contributed by atoms with Crippen molar-refractivity contribution in [1.82, 2.24) is 4.57 Å². The van der Waals surface area contributed by atoms with Crippen molar-refractivity contribution in [2.24, 2.45) is 16.5 Å². The summed E-state index contributed by atoms with van der Waals surface area (Å²) in [4.78, 5) is 16.4. The van der Waals surface area contributed by atoms with Gasteiger partial charge in [0.1, 0.15) is 11.5 Å². The molecule has 0 aliphatic heterocycles. The Labute approximate surface area is 121 Å². The van der Waals surface area contributed by atoms with Crippen molar-refractivity contribution in [3.63, 3.8) is 0 Å². The minimum Gasteiger partial charge on any atom is -0.404 e. The van der Waals surface area contributed by atoms with E-state index in [0.717, 1.165) is 12.8 Å². The van der Waals surface area contributed by atoms with Crippen LogP contribution < -0.4 is 17.0 Å². The number of nitrogens with two attached hydrogens (primary N) is 2. The van der Waals surface area contributed by atoms with Crippen LogP contribution in [0.15, 0.2) is 38.8 Å². The molecular weight excluding hydrogens is 308 g/mol. The summed E-state index contributed by atoms with van der Waals surface area (Å²) in [6.45, 7) is 4.11. The first-order valence-electron chi connectivity index (χ1n) is 6.18. The maximum atomic E-state index is 12.3. The molecule has 1 aromatic heterocycles. The van der Waals surface area contributed by atoms with E-state index in [9.17, 15) is 4.79 Å². The van der Waals surface area contributed by atoms with Gasteiger partial charge >= 0.3 is 0 Å².